The number of hydrogen-bond acceptors (Lipinski definition) is 4. The molecule has 0 fully saturated rings. The summed E-state index contributed by atoms with van der Waals surface area (Å²) in [6, 6.07) is 24.9. The van der Waals surface area contributed by atoms with E-state index in [9.17, 15) is 4.79 Å². The fraction of sp³-hybridized carbons (Fsp3) is 0. The molecule has 1 heterocycles. The second-order valence-corrected chi connectivity index (χ2v) is 7.35. The van der Waals surface area contributed by atoms with Crippen LogP contribution in [0.2, 0.25) is 5.02 Å². The predicted octanol–water partition coefficient (Wildman–Crippen LogP) is 5.84. The number of aliphatic imine (C=N–C) groups is 1. The summed E-state index contributed by atoms with van der Waals surface area (Å²) in [5.74, 6) is -0.116. The topological polar surface area (TPSA) is 38.7 Å². The van der Waals surface area contributed by atoms with Crippen LogP contribution in [-0.4, -0.2) is 11.9 Å². The minimum Gasteiger partial charge on any atom is -0.402 e. The van der Waals surface area contributed by atoms with Gasteiger partial charge in [-0.05, 0) is 54.1 Å². The van der Waals surface area contributed by atoms with Gasteiger partial charge in [-0.1, -0.05) is 59.8 Å². The number of esters is 1. The summed E-state index contributed by atoms with van der Waals surface area (Å²) in [6.07, 6.45) is 1.76. The molecular weight excluding hydrogens is 378 g/mol. The maximum absolute atomic E-state index is 12.2. The molecule has 0 amide bonds. The van der Waals surface area contributed by atoms with Crippen LogP contribution in [0.5, 0.6) is 0 Å². The minimum absolute atomic E-state index is 0.290. The summed E-state index contributed by atoms with van der Waals surface area (Å²) in [4.78, 5) is 18.7. The molecule has 3 aromatic carbocycles. The molecule has 0 spiro atoms. The number of nitrogens with zero attached hydrogens (tertiary/aromatic N) is 1. The van der Waals surface area contributed by atoms with Crippen LogP contribution in [0.4, 0.5) is 0 Å². The van der Waals surface area contributed by atoms with Crippen molar-refractivity contribution in [3.05, 3.63) is 101 Å². The number of hydrogen-bond donors (Lipinski definition) is 0. The molecule has 27 heavy (non-hydrogen) atoms. The van der Waals surface area contributed by atoms with Gasteiger partial charge in [0.1, 0.15) is 0 Å². The molecule has 3 nitrogen and oxygen atoms in total. The lowest BCUT2D eigenvalue weighted by Gasteiger charge is -2.06. The molecule has 0 bridgehead atoms. The van der Waals surface area contributed by atoms with E-state index in [-0.39, 0.29) is 5.70 Å². The van der Waals surface area contributed by atoms with Crippen LogP contribution in [0.1, 0.15) is 11.1 Å². The molecule has 0 aromatic heterocycles. The zero-order valence-electron chi connectivity index (χ0n) is 14.1. The Bertz CT molecular complexity index is 1040. The van der Waals surface area contributed by atoms with Gasteiger partial charge in [-0.25, -0.2) is 9.79 Å². The normalized spacial score (nSPS) is 14.9. The van der Waals surface area contributed by atoms with Crippen molar-refractivity contribution in [3.8, 4) is 0 Å². The van der Waals surface area contributed by atoms with E-state index in [0.29, 0.717) is 10.9 Å². The molecule has 4 rings (SSSR count). The molecule has 0 saturated heterocycles. The highest BCUT2D eigenvalue weighted by atomic mass is 35.5. The van der Waals surface area contributed by atoms with E-state index in [2.05, 4.69) is 4.99 Å². The van der Waals surface area contributed by atoms with E-state index in [1.54, 1.807) is 17.8 Å². The number of benzene rings is 3. The molecule has 132 valence electrons. The Morgan fingerprint density at radius 3 is 2.37 bits per heavy atom. The first-order valence-corrected chi connectivity index (χ1v) is 9.49. The monoisotopic (exact) mass is 391 g/mol. The van der Waals surface area contributed by atoms with Crippen molar-refractivity contribution in [2.24, 2.45) is 4.99 Å². The van der Waals surface area contributed by atoms with Gasteiger partial charge in [0.2, 0.25) is 5.90 Å². The maximum atomic E-state index is 12.2. The van der Waals surface area contributed by atoms with E-state index in [0.717, 1.165) is 20.9 Å². The third-order valence-corrected chi connectivity index (χ3v) is 5.25. The Labute approximate surface area is 166 Å². The molecule has 0 unspecified atom stereocenters. The highest BCUT2D eigenvalue weighted by molar-refractivity contribution is 7.99. The number of carbonyl (C=O) groups excluding carboxylic acids is 1. The van der Waals surface area contributed by atoms with E-state index >= 15 is 0 Å². The molecule has 0 aliphatic carbocycles. The zero-order valence-corrected chi connectivity index (χ0v) is 15.7. The van der Waals surface area contributed by atoms with Crippen LogP contribution in [0.3, 0.4) is 0 Å². The van der Waals surface area contributed by atoms with Gasteiger partial charge in [-0.3, -0.25) is 0 Å². The smallest absolute Gasteiger partial charge is 0.363 e. The number of ether oxygens (including phenoxy) is 1. The van der Waals surface area contributed by atoms with Crippen molar-refractivity contribution in [2.75, 3.05) is 0 Å². The SMILES string of the molecule is O=C1OC(c2ccccc2)=N/C1=C/c1ccccc1Sc1ccc(Cl)cc1. The molecule has 5 heteroatoms. The summed E-state index contributed by atoms with van der Waals surface area (Å²) in [6.45, 7) is 0. The third-order valence-electron chi connectivity index (χ3n) is 3.89. The lowest BCUT2D eigenvalue weighted by atomic mass is 10.2. The summed E-state index contributed by atoms with van der Waals surface area (Å²) < 4.78 is 5.32. The van der Waals surface area contributed by atoms with Gasteiger partial charge in [-0.2, -0.15) is 0 Å². The highest BCUT2D eigenvalue weighted by Gasteiger charge is 2.24. The van der Waals surface area contributed by atoms with Crippen molar-refractivity contribution < 1.29 is 9.53 Å². The lowest BCUT2D eigenvalue weighted by Crippen LogP contribution is -2.04. The number of cyclic esters (lactones) is 1. The van der Waals surface area contributed by atoms with Crippen LogP contribution in [0.15, 0.2) is 99.3 Å². The maximum Gasteiger partial charge on any atom is 0.363 e. The fourth-order valence-corrected chi connectivity index (χ4v) is 3.63. The molecule has 1 aliphatic heterocycles. The predicted molar refractivity (Wildman–Crippen MR) is 109 cm³/mol. The standard InChI is InChI=1S/C22H14ClNO2S/c23-17-10-12-18(13-11-17)27-20-9-5-4-8-16(20)14-19-22(25)26-21(24-19)15-6-2-1-3-7-15/h1-14H/b19-14+. The van der Waals surface area contributed by atoms with Crippen LogP contribution < -0.4 is 0 Å². The first-order chi connectivity index (χ1) is 13.2. The van der Waals surface area contributed by atoms with Gasteiger partial charge in [0.05, 0.1) is 0 Å². The van der Waals surface area contributed by atoms with Crippen LogP contribution in [0, 0.1) is 0 Å². The first-order valence-electron chi connectivity index (χ1n) is 8.29. The Hall–Kier alpha value is -2.82. The van der Waals surface area contributed by atoms with Crippen molar-refractivity contribution >= 4 is 41.3 Å². The Balaban J connectivity index is 1.65. The molecule has 0 saturated carbocycles. The van der Waals surface area contributed by atoms with Gasteiger partial charge in [0.15, 0.2) is 5.70 Å². The van der Waals surface area contributed by atoms with Crippen molar-refractivity contribution in [3.63, 3.8) is 0 Å². The minimum atomic E-state index is -0.444. The Morgan fingerprint density at radius 1 is 0.889 bits per heavy atom. The number of carbonyl (C=O) groups is 1. The molecular formula is C22H14ClNO2S. The Morgan fingerprint density at radius 2 is 1.59 bits per heavy atom. The van der Waals surface area contributed by atoms with Crippen molar-refractivity contribution in [1.82, 2.24) is 0 Å². The number of halogens is 1. The van der Waals surface area contributed by atoms with Gasteiger partial charge < -0.3 is 4.74 Å². The van der Waals surface area contributed by atoms with Gasteiger partial charge >= 0.3 is 5.97 Å². The summed E-state index contributed by atoms with van der Waals surface area (Å²) >= 11 is 7.56. The second-order valence-electron chi connectivity index (χ2n) is 5.80. The zero-order chi connectivity index (χ0) is 18.6. The second kappa shape index (κ2) is 7.82. The van der Waals surface area contributed by atoms with E-state index in [1.807, 2.05) is 78.9 Å². The summed E-state index contributed by atoms with van der Waals surface area (Å²) in [7, 11) is 0. The average molecular weight is 392 g/mol. The molecule has 1 aliphatic rings. The van der Waals surface area contributed by atoms with Gasteiger partial charge in [0, 0.05) is 20.4 Å². The van der Waals surface area contributed by atoms with Crippen LogP contribution in [0.25, 0.3) is 6.08 Å². The van der Waals surface area contributed by atoms with Gasteiger partial charge in [-0.15, -0.1) is 0 Å². The molecule has 3 aromatic rings. The highest BCUT2D eigenvalue weighted by Crippen LogP contribution is 2.33. The van der Waals surface area contributed by atoms with Crippen molar-refractivity contribution in [1.29, 1.82) is 0 Å². The Kier molecular flexibility index (Phi) is 5.10. The van der Waals surface area contributed by atoms with Crippen LogP contribution in [-0.2, 0) is 9.53 Å². The first kappa shape index (κ1) is 17.6. The van der Waals surface area contributed by atoms with E-state index in [4.69, 9.17) is 16.3 Å². The molecule has 0 N–H and O–H groups in total. The quantitative estimate of drug-likeness (QED) is 0.414. The van der Waals surface area contributed by atoms with Gasteiger partial charge in [0.25, 0.3) is 0 Å². The number of rotatable bonds is 4. The van der Waals surface area contributed by atoms with E-state index < -0.39 is 5.97 Å². The van der Waals surface area contributed by atoms with Crippen molar-refractivity contribution in [2.45, 2.75) is 9.79 Å². The largest absolute Gasteiger partial charge is 0.402 e. The fourth-order valence-electron chi connectivity index (χ4n) is 2.58. The third kappa shape index (κ3) is 4.13. The van der Waals surface area contributed by atoms with Crippen LogP contribution >= 0.6 is 23.4 Å². The summed E-state index contributed by atoms with van der Waals surface area (Å²) in [5, 5.41) is 0.700. The lowest BCUT2D eigenvalue weighted by molar-refractivity contribution is -0.129. The molecule has 0 radical (unpaired) electrons. The van der Waals surface area contributed by atoms with E-state index in [1.165, 1.54) is 0 Å². The average Bonchev–Trinajstić information content (AvgIpc) is 3.06. The molecule has 0 atom stereocenters. The summed E-state index contributed by atoms with van der Waals surface area (Å²) in [5.41, 5.74) is 1.97.